The number of urea groups is 1. The fourth-order valence-electron chi connectivity index (χ4n) is 2.77. The van der Waals surface area contributed by atoms with Gasteiger partial charge in [-0.1, -0.05) is 25.2 Å². The van der Waals surface area contributed by atoms with Gasteiger partial charge in [0.05, 0.1) is 19.7 Å². The first kappa shape index (κ1) is 21.1. The van der Waals surface area contributed by atoms with Crippen LogP contribution in [0.4, 0.5) is 21.0 Å². The average Bonchev–Trinajstić information content (AvgIpc) is 3.19. The maximum absolute atomic E-state index is 12.0. The quantitative estimate of drug-likeness (QED) is 0.537. The molecule has 0 unspecified atom stereocenters. The summed E-state index contributed by atoms with van der Waals surface area (Å²) in [6, 6.07) is 14.2. The van der Waals surface area contributed by atoms with E-state index in [2.05, 4.69) is 29.4 Å². The summed E-state index contributed by atoms with van der Waals surface area (Å²) in [4.78, 5) is 25.1. The molecule has 156 valence electrons. The number of nitrogens with zero attached hydrogens (tertiary/aromatic N) is 1. The third-order valence-electron chi connectivity index (χ3n) is 4.39. The third kappa shape index (κ3) is 6.17. The van der Waals surface area contributed by atoms with E-state index in [1.54, 1.807) is 17.0 Å². The van der Waals surface area contributed by atoms with Crippen molar-refractivity contribution >= 4 is 23.5 Å². The number of cyclic esters (lactones) is 1. The van der Waals surface area contributed by atoms with Crippen LogP contribution in [0.2, 0.25) is 0 Å². The number of amides is 3. The van der Waals surface area contributed by atoms with Crippen LogP contribution in [-0.2, 0) is 4.74 Å². The third-order valence-corrected chi connectivity index (χ3v) is 4.39. The van der Waals surface area contributed by atoms with Crippen molar-refractivity contribution in [2.45, 2.75) is 19.8 Å². The molecule has 0 radical (unpaired) electrons. The fraction of sp³-hybridized carbons (Fsp3) is 0.304. The minimum atomic E-state index is -0.331. The maximum Gasteiger partial charge on any atom is 0.414 e. The molecule has 1 saturated heterocycles. The van der Waals surface area contributed by atoms with Gasteiger partial charge in [0.1, 0.15) is 12.4 Å². The SMILES string of the molecule is CCCCOc1ccc(NC(=O)NCC#Cc2ccc(N3CCOC3=O)cc2)cc1. The second-order valence-electron chi connectivity index (χ2n) is 6.65. The topological polar surface area (TPSA) is 79.9 Å². The number of anilines is 2. The van der Waals surface area contributed by atoms with Crippen molar-refractivity contribution in [3.8, 4) is 17.6 Å². The largest absolute Gasteiger partial charge is 0.494 e. The van der Waals surface area contributed by atoms with Gasteiger partial charge in [-0.25, -0.2) is 9.59 Å². The number of ether oxygens (including phenoxy) is 2. The molecule has 1 aliphatic heterocycles. The van der Waals surface area contributed by atoms with E-state index >= 15 is 0 Å². The molecular weight excluding hydrogens is 382 g/mol. The van der Waals surface area contributed by atoms with Crippen LogP contribution in [0.15, 0.2) is 48.5 Å². The van der Waals surface area contributed by atoms with E-state index in [9.17, 15) is 9.59 Å². The lowest BCUT2D eigenvalue weighted by Crippen LogP contribution is -2.28. The Bertz CT molecular complexity index is 914. The highest BCUT2D eigenvalue weighted by Gasteiger charge is 2.23. The van der Waals surface area contributed by atoms with Gasteiger partial charge in [0.15, 0.2) is 0 Å². The minimum absolute atomic E-state index is 0.213. The Hall–Kier alpha value is -3.66. The number of hydrogen-bond donors (Lipinski definition) is 2. The van der Waals surface area contributed by atoms with E-state index < -0.39 is 0 Å². The molecule has 0 saturated carbocycles. The highest BCUT2D eigenvalue weighted by molar-refractivity contribution is 5.90. The molecule has 0 atom stereocenters. The monoisotopic (exact) mass is 407 g/mol. The van der Waals surface area contributed by atoms with Crippen molar-refractivity contribution in [2.75, 3.05) is 36.5 Å². The number of rotatable bonds is 7. The van der Waals surface area contributed by atoms with Crippen LogP contribution >= 0.6 is 0 Å². The number of unbranched alkanes of at least 4 members (excludes halogenated alkanes) is 1. The number of carbonyl (C=O) groups excluding carboxylic acids is 2. The molecule has 0 aliphatic carbocycles. The smallest absolute Gasteiger partial charge is 0.414 e. The Labute approximate surface area is 176 Å². The molecule has 0 spiro atoms. The first-order valence-electron chi connectivity index (χ1n) is 9.96. The fourth-order valence-corrected chi connectivity index (χ4v) is 2.77. The van der Waals surface area contributed by atoms with Crippen molar-refractivity contribution in [1.29, 1.82) is 0 Å². The second kappa shape index (κ2) is 10.8. The van der Waals surface area contributed by atoms with Crippen molar-refractivity contribution in [1.82, 2.24) is 5.32 Å². The highest BCUT2D eigenvalue weighted by atomic mass is 16.6. The lowest BCUT2D eigenvalue weighted by Gasteiger charge is -2.11. The number of nitrogens with one attached hydrogen (secondary N) is 2. The van der Waals surface area contributed by atoms with Gasteiger partial charge in [0.25, 0.3) is 0 Å². The molecular formula is C23H25N3O4. The van der Waals surface area contributed by atoms with Crippen LogP contribution in [0.25, 0.3) is 0 Å². The average molecular weight is 407 g/mol. The Balaban J connectivity index is 1.41. The summed E-state index contributed by atoms with van der Waals surface area (Å²) in [5.41, 5.74) is 2.26. The Morgan fingerprint density at radius 1 is 1.17 bits per heavy atom. The van der Waals surface area contributed by atoms with E-state index in [0.29, 0.717) is 25.4 Å². The zero-order valence-electron chi connectivity index (χ0n) is 16.9. The minimum Gasteiger partial charge on any atom is -0.494 e. The Morgan fingerprint density at radius 3 is 2.60 bits per heavy atom. The van der Waals surface area contributed by atoms with Crippen LogP contribution in [0.1, 0.15) is 25.3 Å². The van der Waals surface area contributed by atoms with Gasteiger partial charge in [-0.2, -0.15) is 0 Å². The van der Waals surface area contributed by atoms with Gasteiger partial charge in [-0.3, -0.25) is 4.90 Å². The van der Waals surface area contributed by atoms with Crippen molar-refractivity contribution in [2.24, 2.45) is 0 Å². The predicted octanol–water partition coefficient (Wildman–Crippen LogP) is 4.00. The van der Waals surface area contributed by atoms with E-state index in [1.165, 1.54) is 0 Å². The van der Waals surface area contributed by atoms with E-state index in [0.717, 1.165) is 29.8 Å². The molecule has 3 rings (SSSR count). The predicted molar refractivity (Wildman–Crippen MR) is 116 cm³/mol. The molecule has 2 N–H and O–H groups in total. The van der Waals surface area contributed by atoms with Crippen LogP contribution < -0.4 is 20.3 Å². The molecule has 2 aromatic carbocycles. The first-order chi connectivity index (χ1) is 14.7. The van der Waals surface area contributed by atoms with Crippen LogP contribution in [0, 0.1) is 11.8 Å². The summed E-state index contributed by atoms with van der Waals surface area (Å²) in [5.74, 6) is 6.67. The molecule has 7 nitrogen and oxygen atoms in total. The number of benzene rings is 2. The molecule has 3 amide bonds. The lowest BCUT2D eigenvalue weighted by molar-refractivity contribution is 0.181. The van der Waals surface area contributed by atoms with E-state index in [4.69, 9.17) is 9.47 Å². The van der Waals surface area contributed by atoms with Gasteiger partial charge in [-0.15, -0.1) is 0 Å². The summed E-state index contributed by atoms with van der Waals surface area (Å²) >= 11 is 0. The summed E-state index contributed by atoms with van der Waals surface area (Å²) in [7, 11) is 0. The van der Waals surface area contributed by atoms with Gasteiger partial charge in [0, 0.05) is 16.9 Å². The summed E-state index contributed by atoms with van der Waals surface area (Å²) < 4.78 is 10.5. The van der Waals surface area contributed by atoms with Gasteiger partial charge < -0.3 is 20.1 Å². The first-order valence-corrected chi connectivity index (χ1v) is 9.96. The molecule has 0 aromatic heterocycles. The highest BCUT2D eigenvalue weighted by Crippen LogP contribution is 2.19. The van der Waals surface area contributed by atoms with Gasteiger partial charge in [0.2, 0.25) is 0 Å². The normalized spacial score (nSPS) is 12.6. The molecule has 30 heavy (non-hydrogen) atoms. The molecule has 0 bridgehead atoms. The second-order valence-corrected chi connectivity index (χ2v) is 6.65. The summed E-state index contributed by atoms with van der Waals surface area (Å²) in [6.07, 6.45) is 1.77. The zero-order chi connectivity index (χ0) is 21.2. The van der Waals surface area contributed by atoms with E-state index in [-0.39, 0.29) is 18.7 Å². The van der Waals surface area contributed by atoms with Gasteiger partial charge >= 0.3 is 12.1 Å². The van der Waals surface area contributed by atoms with Gasteiger partial charge in [-0.05, 0) is 55.0 Å². The van der Waals surface area contributed by atoms with Crippen LogP contribution in [0.5, 0.6) is 5.75 Å². The lowest BCUT2D eigenvalue weighted by atomic mass is 10.2. The number of carbonyl (C=O) groups is 2. The van der Waals surface area contributed by atoms with Crippen molar-refractivity contribution in [3.05, 3.63) is 54.1 Å². The molecule has 7 heteroatoms. The van der Waals surface area contributed by atoms with Crippen molar-refractivity contribution in [3.63, 3.8) is 0 Å². The maximum atomic E-state index is 12.0. The van der Waals surface area contributed by atoms with Crippen LogP contribution in [0.3, 0.4) is 0 Å². The molecule has 1 aliphatic rings. The van der Waals surface area contributed by atoms with Crippen LogP contribution in [-0.4, -0.2) is 38.4 Å². The Kier molecular flexibility index (Phi) is 7.56. The Morgan fingerprint density at radius 2 is 1.93 bits per heavy atom. The molecule has 2 aromatic rings. The molecule has 1 heterocycles. The standard InChI is InChI=1S/C23H25N3O4/c1-2-3-16-29-21-12-8-19(9-13-21)25-22(27)24-14-4-5-18-6-10-20(11-7-18)26-15-17-30-23(26)28/h6-13H,2-3,14-17H2,1H3,(H2,24,25,27). The number of hydrogen-bond acceptors (Lipinski definition) is 4. The molecule has 1 fully saturated rings. The van der Waals surface area contributed by atoms with Crippen molar-refractivity contribution < 1.29 is 19.1 Å². The summed E-state index contributed by atoms with van der Waals surface area (Å²) in [6.45, 7) is 3.98. The summed E-state index contributed by atoms with van der Waals surface area (Å²) in [5, 5.41) is 5.45. The van der Waals surface area contributed by atoms with E-state index in [1.807, 2.05) is 36.4 Å². The zero-order valence-corrected chi connectivity index (χ0v) is 16.9.